The van der Waals surface area contributed by atoms with E-state index in [2.05, 4.69) is 10.3 Å². The molecule has 0 aliphatic carbocycles. The fourth-order valence-electron chi connectivity index (χ4n) is 1.90. The highest BCUT2D eigenvalue weighted by Crippen LogP contribution is 2.26. The topological polar surface area (TPSA) is 58.3 Å². The van der Waals surface area contributed by atoms with Gasteiger partial charge < -0.3 is 14.8 Å². The lowest BCUT2D eigenvalue weighted by molar-refractivity contribution is 0.282. The molecule has 3 rings (SSSR count). The van der Waals surface area contributed by atoms with Crippen LogP contribution in [0.5, 0.6) is 0 Å². The van der Waals surface area contributed by atoms with Crippen molar-refractivity contribution in [2.45, 2.75) is 13.2 Å². The first kappa shape index (κ1) is 14.1. The van der Waals surface area contributed by atoms with E-state index in [1.807, 2.05) is 23.6 Å². The first-order valence-electron chi connectivity index (χ1n) is 6.38. The summed E-state index contributed by atoms with van der Waals surface area (Å²) >= 11 is 7.72. The van der Waals surface area contributed by atoms with Gasteiger partial charge in [0.05, 0.1) is 34.9 Å². The third-order valence-electron chi connectivity index (χ3n) is 2.96. The number of aliphatic hydroxyl groups excluding tert-OH is 1. The molecule has 0 radical (unpaired) electrons. The smallest absolute Gasteiger partial charge is 0.214 e. The van der Waals surface area contributed by atoms with Crippen molar-refractivity contribution in [1.29, 1.82) is 0 Å². The van der Waals surface area contributed by atoms with Gasteiger partial charge in [0.25, 0.3) is 0 Å². The summed E-state index contributed by atoms with van der Waals surface area (Å²) in [7, 11) is 0. The molecule has 0 aliphatic heterocycles. The van der Waals surface area contributed by atoms with E-state index in [0.29, 0.717) is 17.5 Å². The predicted molar refractivity (Wildman–Crippen MR) is 84.5 cm³/mol. The third kappa shape index (κ3) is 3.26. The van der Waals surface area contributed by atoms with Crippen molar-refractivity contribution in [3.63, 3.8) is 0 Å². The Morgan fingerprint density at radius 1 is 1.33 bits per heavy atom. The summed E-state index contributed by atoms with van der Waals surface area (Å²) in [5.41, 5.74) is 1.55. The average molecular weight is 321 g/mol. The first-order chi connectivity index (χ1) is 10.3. The fourth-order valence-corrected chi connectivity index (χ4v) is 2.76. The summed E-state index contributed by atoms with van der Waals surface area (Å²) in [6, 6.07) is 9.31. The van der Waals surface area contributed by atoms with Gasteiger partial charge in [-0.1, -0.05) is 23.7 Å². The van der Waals surface area contributed by atoms with E-state index in [4.69, 9.17) is 21.1 Å². The number of aromatic nitrogens is 1. The van der Waals surface area contributed by atoms with E-state index in [1.54, 1.807) is 29.7 Å². The summed E-state index contributed by atoms with van der Waals surface area (Å²) in [6.45, 7) is 0.410. The van der Waals surface area contributed by atoms with Crippen molar-refractivity contribution in [1.82, 2.24) is 4.98 Å². The molecule has 108 valence electrons. The number of anilines is 1. The van der Waals surface area contributed by atoms with E-state index in [0.717, 1.165) is 21.9 Å². The van der Waals surface area contributed by atoms with Crippen molar-refractivity contribution in [3.05, 3.63) is 58.4 Å². The van der Waals surface area contributed by atoms with Gasteiger partial charge in [0.2, 0.25) is 5.89 Å². The van der Waals surface area contributed by atoms with Crippen LogP contribution >= 0.6 is 22.9 Å². The number of hydrogen-bond acceptors (Lipinski definition) is 5. The molecule has 0 fully saturated rings. The van der Waals surface area contributed by atoms with Crippen molar-refractivity contribution in [2.75, 3.05) is 5.32 Å². The van der Waals surface area contributed by atoms with Gasteiger partial charge in [-0.2, -0.15) is 0 Å². The van der Waals surface area contributed by atoms with Crippen molar-refractivity contribution in [2.24, 2.45) is 0 Å². The zero-order valence-corrected chi connectivity index (χ0v) is 12.6. The number of halogens is 1. The van der Waals surface area contributed by atoms with Crippen LogP contribution in [0.25, 0.3) is 10.6 Å². The van der Waals surface area contributed by atoms with Gasteiger partial charge >= 0.3 is 0 Å². The Labute approximate surface area is 131 Å². The molecular formula is C15H13ClN2O2S. The molecule has 2 N–H and O–H groups in total. The van der Waals surface area contributed by atoms with Crippen LogP contribution in [0, 0.1) is 0 Å². The van der Waals surface area contributed by atoms with Crippen LogP contribution in [0.4, 0.5) is 5.69 Å². The molecule has 4 nitrogen and oxygen atoms in total. The number of nitrogens with one attached hydrogen (secondary N) is 1. The second-order valence-electron chi connectivity index (χ2n) is 4.42. The lowest BCUT2D eigenvalue weighted by Gasteiger charge is -2.07. The lowest BCUT2D eigenvalue weighted by atomic mass is 10.2. The molecule has 2 heterocycles. The minimum Gasteiger partial charge on any atom is -0.438 e. The fraction of sp³-hybridized carbons (Fsp3) is 0.133. The van der Waals surface area contributed by atoms with Gasteiger partial charge in [0.15, 0.2) is 5.76 Å². The lowest BCUT2D eigenvalue weighted by Crippen LogP contribution is -2.00. The molecular weight excluding hydrogens is 308 g/mol. The monoisotopic (exact) mass is 320 g/mol. The quantitative estimate of drug-likeness (QED) is 0.741. The average Bonchev–Trinajstić information content (AvgIpc) is 3.17. The maximum Gasteiger partial charge on any atom is 0.214 e. The molecule has 0 saturated carbocycles. The molecule has 0 bridgehead atoms. The molecule has 0 amide bonds. The number of nitrogens with zero attached hydrogens (tertiary/aromatic N) is 1. The maximum absolute atomic E-state index is 9.15. The minimum atomic E-state index is -0.0205. The minimum absolute atomic E-state index is 0.0205. The summed E-state index contributed by atoms with van der Waals surface area (Å²) in [6.07, 6.45) is 1.72. The SMILES string of the molecule is OCc1ccc(Cl)c(NCc2ncc(-c3cccs3)o2)c1. The number of thiophene rings is 1. The number of oxazole rings is 1. The third-order valence-corrected chi connectivity index (χ3v) is 4.18. The van der Waals surface area contributed by atoms with E-state index < -0.39 is 0 Å². The molecule has 0 aliphatic rings. The second-order valence-corrected chi connectivity index (χ2v) is 5.78. The molecule has 3 aromatic rings. The summed E-state index contributed by atoms with van der Waals surface area (Å²) in [5, 5.41) is 14.9. The van der Waals surface area contributed by atoms with Crippen molar-refractivity contribution in [3.8, 4) is 10.6 Å². The van der Waals surface area contributed by atoms with Crippen molar-refractivity contribution >= 4 is 28.6 Å². The molecule has 6 heteroatoms. The van der Waals surface area contributed by atoms with Gasteiger partial charge in [-0.25, -0.2) is 4.98 Å². The van der Waals surface area contributed by atoms with E-state index in [-0.39, 0.29) is 6.61 Å². The van der Waals surface area contributed by atoms with E-state index in [1.165, 1.54) is 0 Å². The molecule has 2 aromatic heterocycles. The van der Waals surface area contributed by atoms with Gasteiger partial charge in [0, 0.05) is 0 Å². The van der Waals surface area contributed by atoms with Gasteiger partial charge in [-0.15, -0.1) is 11.3 Å². The summed E-state index contributed by atoms with van der Waals surface area (Å²) in [5.74, 6) is 1.35. The molecule has 1 aromatic carbocycles. The summed E-state index contributed by atoms with van der Waals surface area (Å²) in [4.78, 5) is 5.29. The van der Waals surface area contributed by atoms with Crippen LogP contribution in [0.15, 0.2) is 46.3 Å². The van der Waals surface area contributed by atoms with Gasteiger partial charge in [-0.05, 0) is 29.1 Å². The molecule has 0 saturated heterocycles. The zero-order valence-electron chi connectivity index (χ0n) is 11.0. The van der Waals surface area contributed by atoms with Gasteiger partial charge in [0.1, 0.15) is 0 Å². The first-order valence-corrected chi connectivity index (χ1v) is 7.64. The highest BCUT2D eigenvalue weighted by Gasteiger charge is 2.08. The van der Waals surface area contributed by atoms with Crippen LogP contribution in [-0.2, 0) is 13.2 Å². The van der Waals surface area contributed by atoms with Crippen LogP contribution < -0.4 is 5.32 Å². The molecule has 21 heavy (non-hydrogen) atoms. The highest BCUT2D eigenvalue weighted by atomic mass is 35.5. The molecule has 0 atom stereocenters. The highest BCUT2D eigenvalue weighted by molar-refractivity contribution is 7.13. The van der Waals surface area contributed by atoms with Crippen LogP contribution in [0.1, 0.15) is 11.5 Å². The number of benzene rings is 1. The number of aliphatic hydroxyl groups is 1. The molecule has 0 unspecified atom stereocenters. The number of rotatable bonds is 5. The van der Waals surface area contributed by atoms with Crippen LogP contribution in [0.3, 0.4) is 0 Å². The predicted octanol–water partition coefficient (Wildman–Crippen LogP) is 4.16. The second kappa shape index (κ2) is 6.30. The Hall–Kier alpha value is -1.82. The Kier molecular flexibility index (Phi) is 4.24. The Morgan fingerprint density at radius 3 is 3.00 bits per heavy atom. The van der Waals surface area contributed by atoms with Crippen LogP contribution in [-0.4, -0.2) is 10.1 Å². The maximum atomic E-state index is 9.15. The largest absolute Gasteiger partial charge is 0.438 e. The summed E-state index contributed by atoms with van der Waals surface area (Å²) < 4.78 is 5.69. The standard InChI is InChI=1S/C15H13ClN2O2S/c16-11-4-3-10(9-19)6-12(11)17-8-15-18-7-13(20-15)14-2-1-5-21-14/h1-7,17,19H,8-9H2. The van der Waals surface area contributed by atoms with Crippen molar-refractivity contribution < 1.29 is 9.52 Å². The van der Waals surface area contributed by atoms with Crippen LogP contribution in [0.2, 0.25) is 5.02 Å². The number of hydrogen-bond donors (Lipinski definition) is 2. The Bertz CT molecular complexity index is 725. The zero-order chi connectivity index (χ0) is 14.7. The molecule has 0 spiro atoms. The van der Waals surface area contributed by atoms with Gasteiger partial charge in [-0.3, -0.25) is 0 Å². The Balaban J connectivity index is 1.71. The normalized spacial score (nSPS) is 10.8. The van der Waals surface area contributed by atoms with E-state index >= 15 is 0 Å². The van der Waals surface area contributed by atoms with E-state index in [9.17, 15) is 0 Å². The Morgan fingerprint density at radius 2 is 2.24 bits per heavy atom.